The highest BCUT2D eigenvalue weighted by molar-refractivity contribution is 5.67. The first-order valence-electron chi connectivity index (χ1n) is 5.59. The molecule has 1 fully saturated rings. The average molecular weight is 218 g/mol. The molecule has 0 radical (unpaired) electrons. The third-order valence-electron chi connectivity index (χ3n) is 3.58. The van der Waals surface area contributed by atoms with Crippen LogP contribution in [0.2, 0.25) is 0 Å². The van der Waals surface area contributed by atoms with Crippen molar-refractivity contribution in [3.63, 3.8) is 0 Å². The first kappa shape index (κ1) is 9.51. The van der Waals surface area contributed by atoms with Crippen molar-refractivity contribution < 1.29 is 9.90 Å². The Kier molecular flexibility index (Phi) is 2.02. The highest BCUT2D eigenvalue weighted by Crippen LogP contribution is 2.39. The number of hydrogen-bond acceptors (Lipinski definition) is 2. The summed E-state index contributed by atoms with van der Waals surface area (Å²) in [5.41, 5.74) is 2.43. The molecule has 2 heterocycles. The fourth-order valence-electron chi connectivity index (χ4n) is 2.77. The monoisotopic (exact) mass is 218 g/mol. The summed E-state index contributed by atoms with van der Waals surface area (Å²) in [6, 6.07) is 8.60. The first-order valence-corrected chi connectivity index (χ1v) is 5.59. The maximum atomic E-state index is 11.0. The molecular weight excluding hydrogens is 204 g/mol. The van der Waals surface area contributed by atoms with Crippen molar-refractivity contribution in [2.75, 3.05) is 18.4 Å². The van der Waals surface area contributed by atoms with Crippen LogP contribution in [-0.4, -0.2) is 35.2 Å². The van der Waals surface area contributed by atoms with Crippen LogP contribution in [0.25, 0.3) is 0 Å². The van der Waals surface area contributed by atoms with E-state index < -0.39 is 6.09 Å². The molecule has 1 aromatic rings. The van der Waals surface area contributed by atoms with Crippen LogP contribution in [0.4, 0.5) is 10.5 Å². The SMILES string of the molecule is O=C(O)N1CC[C@H]2Nc3ccccc3[C@H]2C1. The van der Waals surface area contributed by atoms with Gasteiger partial charge >= 0.3 is 6.09 Å². The van der Waals surface area contributed by atoms with Crippen molar-refractivity contribution in [1.82, 2.24) is 4.90 Å². The molecule has 4 heteroatoms. The molecule has 16 heavy (non-hydrogen) atoms. The predicted molar refractivity (Wildman–Crippen MR) is 60.8 cm³/mol. The van der Waals surface area contributed by atoms with Crippen LogP contribution < -0.4 is 5.32 Å². The number of hydrogen-bond donors (Lipinski definition) is 2. The first-order chi connectivity index (χ1) is 7.75. The van der Waals surface area contributed by atoms with Gasteiger partial charge < -0.3 is 15.3 Å². The number of nitrogens with zero attached hydrogens (tertiary/aromatic N) is 1. The summed E-state index contributed by atoms with van der Waals surface area (Å²) >= 11 is 0. The van der Waals surface area contributed by atoms with Gasteiger partial charge in [-0.05, 0) is 18.1 Å². The topological polar surface area (TPSA) is 52.6 Å². The summed E-state index contributed by atoms with van der Waals surface area (Å²) in [5, 5.41) is 12.5. The summed E-state index contributed by atoms with van der Waals surface area (Å²) in [6.45, 7) is 1.25. The number of para-hydroxylation sites is 1. The minimum atomic E-state index is -0.803. The third kappa shape index (κ3) is 1.33. The van der Waals surface area contributed by atoms with E-state index in [4.69, 9.17) is 5.11 Å². The van der Waals surface area contributed by atoms with Crippen molar-refractivity contribution in [3.8, 4) is 0 Å². The van der Waals surface area contributed by atoms with E-state index in [0.29, 0.717) is 25.0 Å². The molecule has 1 saturated heterocycles. The molecule has 0 bridgehead atoms. The molecule has 0 spiro atoms. The van der Waals surface area contributed by atoms with E-state index in [9.17, 15) is 4.79 Å². The highest BCUT2D eigenvalue weighted by atomic mass is 16.4. The number of benzene rings is 1. The van der Waals surface area contributed by atoms with Gasteiger partial charge in [0.25, 0.3) is 0 Å². The van der Waals surface area contributed by atoms with Gasteiger partial charge in [0.1, 0.15) is 0 Å². The van der Waals surface area contributed by atoms with Crippen LogP contribution >= 0.6 is 0 Å². The summed E-state index contributed by atoms with van der Waals surface area (Å²) < 4.78 is 0. The molecule has 0 aliphatic carbocycles. The van der Waals surface area contributed by atoms with Crippen LogP contribution in [-0.2, 0) is 0 Å². The number of amides is 1. The normalized spacial score (nSPS) is 26.9. The van der Waals surface area contributed by atoms with Crippen LogP contribution in [0.3, 0.4) is 0 Å². The van der Waals surface area contributed by atoms with Gasteiger partial charge in [0.05, 0.1) is 0 Å². The zero-order valence-corrected chi connectivity index (χ0v) is 8.89. The Balaban J connectivity index is 1.89. The van der Waals surface area contributed by atoms with E-state index in [1.807, 2.05) is 12.1 Å². The van der Waals surface area contributed by atoms with Crippen LogP contribution in [0.5, 0.6) is 0 Å². The Labute approximate surface area is 93.9 Å². The maximum Gasteiger partial charge on any atom is 0.407 e. The highest BCUT2D eigenvalue weighted by Gasteiger charge is 2.37. The lowest BCUT2D eigenvalue weighted by Crippen LogP contribution is -2.44. The van der Waals surface area contributed by atoms with Crippen molar-refractivity contribution in [1.29, 1.82) is 0 Å². The Morgan fingerprint density at radius 3 is 3.06 bits per heavy atom. The van der Waals surface area contributed by atoms with Gasteiger partial charge in [-0.15, -0.1) is 0 Å². The quantitative estimate of drug-likeness (QED) is 0.699. The lowest BCUT2D eigenvalue weighted by Gasteiger charge is -2.33. The number of carbonyl (C=O) groups is 1. The molecule has 3 rings (SSSR count). The van der Waals surface area contributed by atoms with Crippen molar-refractivity contribution >= 4 is 11.8 Å². The fourth-order valence-corrected chi connectivity index (χ4v) is 2.77. The van der Waals surface area contributed by atoms with E-state index in [-0.39, 0.29) is 0 Å². The lowest BCUT2D eigenvalue weighted by atomic mass is 9.90. The molecule has 2 aliphatic heterocycles. The molecule has 1 amide bonds. The van der Waals surface area contributed by atoms with Gasteiger partial charge in [-0.2, -0.15) is 0 Å². The van der Waals surface area contributed by atoms with Gasteiger partial charge in [0.2, 0.25) is 0 Å². The maximum absolute atomic E-state index is 11.0. The zero-order chi connectivity index (χ0) is 11.1. The molecule has 0 saturated carbocycles. The average Bonchev–Trinajstić information content (AvgIpc) is 2.66. The summed E-state index contributed by atoms with van der Waals surface area (Å²) in [4.78, 5) is 12.5. The van der Waals surface area contributed by atoms with Crippen LogP contribution in [0, 0.1) is 0 Å². The van der Waals surface area contributed by atoms with E-state index in [1.54, 1.807) is 0 Å². The van der Waals surface area contributed by atoms with E-state index >= 15 is 0 Å². The Morgan fingerprint density at radius 2 is 2.25 bits per heavy atom. The number of piperidine rings is 1. The predicted octanol–water partition coefficient (Wildman–Crippen LogP) is 1.95. The summed E-state index contributed by atoms with van der Waals surface area (Å²) in [5.74, 6) is 0.320. The van der Waals surface area contributed by atoms with Gasteiger partial charge in [0.15, 0.2) is 0 Å². The fraction of sp³-hybridized carbons (Fsp3) is 0.417. The number of nitrogens with one attached hydrogen (secondary N) is 1. The molecule has 2 N–H and O–H groups in total. The van der Waals surface area contributed by atoms with Gasteiger partial charge in [0, 0.05) is 30.7 Å². The van der Waals surface area contributed by atoms with E-state index in [2.05, 4.69) is 17.4 Å². The minimum Gasteiger partial charge on any atom is -0.465 e. The molecule has 0 aromatic heterocycles. The van der Waals surface area contributed by atoms with Crippen molar-refractivity contribution in [2.24, 2.45) is 0 Å². The molecule has 2 atom stereocenters. The van der Waals surface area contributed by atoms with Crippen LogP contribution in [0.1, 0.15) is 17.9 Å². The van der Waals surface area contributed by atoms with Gasteiger partial charge in [-0.1, -0.05) is 18.2 Å². The van der Waals surface area contributed by atoms with Gasteiger partial charge in [-0.25, -0.2) is 4.79 Å². The standard InChI is InChI=1S/C12H14N2O2/c15-12(16)14-6-5-11-9(7-14)8-3-1-2-4-10(8)13-11/h1-4,9,11,13H,5-7H2,(H,15,16)/t9-,11-/m1/s1. The molecular formula is C12H14N2O2. The Bertz CT molecular complexity index is 433. The van der Waals surface area contributed by atoms with Crippen molar-refractivity contribution in [3.05, 3.63) is 29.8 Å². The molecule has 2 aliphatic rings. The number of fused-ring (bicyclic) bond motifs is 3. The number of carboxylic acid groups (broad SMARTS) is 1. The second-order valence-corrected chi connectivity index (χ2v) is 4.46. The largest absolute Gasteiger partial charge is 0.465 e. The molecule has 84 valence electrons. The smallest absolute Gasteiger partial charge is 0.407 e. The van der Waals surface area contributed by atoms with Gasteiger partial charge in [-0.3, -0.25) is 0 Å². The van der Waals surface area contributed by atoms with E-state index in [0.717, 1.165) is 6.42 Å². The molecule has 0 unspecified atom stereocenters. The van der Waals surface area contributed by atoms with Crippen LogP contribution in [0.15, 0.2) is 24.3 Å². The summed E-state index contributed by atoms with van der Waals surface area (Å²) in [6.07, 6.45) is 0.0916. The van der Waals surface area contributed by atoms with Crippen molar-refractivity contribution in [2.45, 2.75) is 18.4 Å². The number of anilines is 1. The molecule has 1 aromatic carbocycles. The second-order valence-electron chi connectivity index (χ2n) is 4.46. The Morgan fingerprint density at radius 1 is 1.44 bits per heavy atom. The zero-order valence-electron chi connectivity index (χ0n) is 8.89. The lowest BCUT2D eigenvalue weighted by molar-refractivity contribution is 0.129. The second kappa shape index (κ2) is 3.40. The Hall–Kier alpha value is -1.71. The minimum absolute atomic E-state index is 0.320. The summed E-state index contributed by atoms with van der Waals surface area (Å²) in [7, 11) is 0. The number of likely N-dealkylation sites (tertiary alicyclic amines) is 1. The van der Waals surface area contributed by atoms with E-state index in [1.165, 1.54) is 16.2 Å². The molecule has 4 nitrogen and oxygen atoms in total. The third-order valence-corrected chi connectivity index (χ3v) is 3.58. The number of rotatable bonds is 0.